The lowest BCUT2D eigenvalue weighted by Gasteiger charge is -2.23. The van der Waals surface area contributed by atoms with Crippen molar-refractivity contribution in [2.75, 3.05) is 12.3 Å². The molecule has 2 aromatic rings. The van der Waals surface area contributed by atoms with Crippen molar-refractivity contribution in [3.63, 3.8) is 0 Å². The van der Waals surface area contributed by atoms with Crippen molar-refractivity contribution in [2.24, 2.45) is 11.7 Å². The van der Waals surface area contributed by atoms with Crippen molar-refractivity contribution in [1.82, 2.24) is 0 Å². The van der Waals surface area contributed by atoms with Crippen LogP contribution in [-0.2, 0) is 38.4 Å². The Morgan fingerprint density at radius 3 is 2.50 bits per heavy atom. The molecule has 2 atom stereocenters. The lowest BCUT2D eigenvalue weighted by atomic mass is 9.90. The van der Waals surface area contributed by atoms with E-state index >= 15 is 0 Å². The van der Waals surface area contributed by atoms with Crippen LogP contribution >= 0.6 is 11.8 Å². The number of aryl methyl sites for hydroxylation is 2. The highest BCUT2D eigenvalue weighted by molar-refractivity contribution is 8.13. The number of carbonyl (C=O) groups is 3. The van der Waals surface area contributed by atoms with Gasteiger partial charge in [0.05, 0.1) is 6.54 Å². The van der Waals surface area contributed by atoms with Crippen LogP contribution in [0.25, 0.3) is 0 Å². The first kappa shape index (κ1) is 22.2. The van der Waals surface area contributed by atoms with Gasteiger partial charge < -0.3 is 10.5 Å². The quantitative estimate of drug-likeness (QED) is 0.620. The summed E-state index contributed by atoms with van der Waals surface area (Å²) in [5.41, 5.74) is 9.80. The van der Waals surface area contributed by atoms with Crippen LogP contribution in [0, 0.1) is 5.92 Å². The standard InChI is InChI=1S/C24H27NO4S/c1-16(26)30-15-21(13-17-10-11-18-8-5-9-20(18)12-17)23(28)24(29-22(27)14-25)19-6-3-2-4-7-19/h2-4,6-7,10-12,21,24H,5,8-9,13-15,25H2,1H3. The maximum Gasteiger partial charge on any atom is 0.320 e. The van der Waals surface area contributed by atoms with Crippen molar-refractivity contribution in [1.29, 1.82) is 0 Å². The van der Waals surface area contributed by atoms with Crippen LogP contribution in [0.4, 0.5) is 0 Å². The monoisotopic (exact) mass is 425 g/mol. The van der Waals surface area contributed by atoms with Crippen LogP contribution in [0.15, 0.2) is 48.5 Å². The second-order valence-electron chi connectivity index (χ2n) is 7.55. The van der Waals surface area contributed by atoms with Gasteiger partial charge >= 0.3 is 5.97 Å². The molecule has 0 spiro atoms. The van der Waals surface area contributed by atoms with Crippen molar-refractivity contribution in [3.05, 3.63) is 70.8 Å². The normalized spacial score (nSPS) is 14.6. The SMILES string of the molecule is CC(=O)SCC(Cc1ccc2c(c1)CCC2)C(=O)C(OC(=O)CN)c1ccccc1. The fraction of sp³-hybridized carbons (Fsp3) is 0.375. The third-order valence-electron chi connectivity index (χ3n) is 5.31. The molecule has 158 valence electrons. The number of hydrogen-bond donors (Lipinski definition) is 1. The summed E-state index contributed by atoms with van der Waals surface area (Å²) in [4.78, 5) is 37.0. The number of ketones is 1. The van der Waals surface area contributed by atoms with Crippen molar-refractivity contribution in [3.8, 4) is 0 Å². The lowest BCUT2D eigenvalue weighted by molar-refractivity contribution is -0.155. The first-order valence-corrected chi connectivity index (χ1v) is 11.2. The fourth-order valence-corrected chi connectivity index (χ4v) is 4.53. The third-order valence-corrected chi connectivity index (χ3v) is 6.29. The number of thioether (sulfide) groups is 1. The number of ether oxygens (including phenoxy) is 1. The molecule has 3 rings (SSSR count). The van der Waals surface area contributed by atoms with E-state index in [2.05, 4.69) is 18.2 Å². The molecular weight excluding hydrogens is 398 g/mol. The molecule has 1 aliphatic carbocycles. The highest BCUT2D eigenvalue weighted by Gasteiger charge is 2.32. The molecule has 0 heterocycles. The summed E-state index contributed by atoms with van der Waals surface area (Å²) in [5.74, 6) is -0.964. The van der Waals surface area contributed by atoms with Gasteiger partial charge in [-0.3, -0.25) is 14.4 Å². The molecule has 2 unspecified atom stereocenters. The number of rotatable bonds is 9. The number of benzene rings is 2. The average molecular weight is 426 g/mol. The van der Waals surface area contributed by atoms with Crippen molar-refractivity contribution >= 4 is 28.6 Å². The van der Waals surface area contributed by atoms with Gasteiger partial charge in [0.15, 0.2) is 17.0 Å². The molecule has 2 N–H and O–H groups in total. The number of nitrogens with two attached hydrogens (primary N) is 1. The third kappa shape index (κ3) is 5.80. The topological polar surface area (TPSA) is 86.5 Å². The zero-order valence-electron chi connectivity index (χ0n) is 17.1. The predicted molar refractivity (Wildman–Crippen MR) is 118 cm³/mol. The van der Waals surface area contributed by atoms with Gasteiger partial charge in [0.25, 0.3) is 0 Å². The molecular formula is C24H27NO4S. The molecule has 30 heavy (non-hydrogen) atoms. The smallest absolute Gasteiger partial charge is 0.320 e. The van der Waals surface area contributed by atoms with Gasteiger partial charge in [0.2, 0.25) is 0 Å². The van der Waals surface area contributed by atoms with Crippen LogP contribution in [0.5, 0.6) is 0 Å². The maximum absolute atomic E-state index is 13.5. The molecule has 2 aromatic carbocycles. The molecule has 5 nitrogen and oxygen atoms in total. The van der Waals surface area contributed by atoms with Crippen LogP contribution in [0.1, 0.15) is 41.7 Å². The van der Waals surface area contributed by atoms with Crippen LogP contribution in [0.2, 0.25) is 0 Å². The number of Topliss-reactive ketones (excluding diaryl/α,β-unsaturated/α-hetero) is 1. The minimum atomic E-state index is -1.03. The summed E-state index contributed by atoms with van der Waals surface area (Å²) in [6.07, 6.45) is 2.78. The second kappa shape index (κ2) is 10.5. The van der Waals surface area contributed by atoms with Crippen molar-refractivity contribution in [2.45, 2.75) is 38.7 Å². The highest BCUT2D eigenvalue weighted by atomic mass is 32.2. The number of carbonyl (C=O) groups excluding carboxylic acids is 3. The Bertz CT molecular complexity index is 913. The predicted octanol–water partition coefficient (Wildman–Crippen LogP) is 3.43. The molecule has 0 aliphatic heterocycles. The molecule has 0 amide bonds. The van der Waals surface area contributed by atoms with Gasteiger partial charge in [-0.15, -0.1) is 0 Å². The first-order chi connectivity index (χ1) is 14.5. The van der Waals surface area contributed by atoms with E-state index in [-0.39, 0.29) is 17.4 Å². The van der Waals surface area contributed by atoms with E-state index in [9.17, 15) is 14.4 Å². The zero-order valence-corrected chi connectivity index (χ0v) is 18.0. The minimum Gasteiger partial charge on any atom is -0.448 e. The van der Waals surface area contributed by atoms with Gasteiger partial charge in [0.1, 0.15) is 0 Å². The summed E-state index contributed by atoms with van der Waals surface area (Å²) in [6.45, 7) is 1.19. The molecule has 6 heteroatoms. The lowest BCUT2D eigenvalue weighted by Crippen LogP contribution is -2.31. The van der Waals surface area contributed by atoms with Crippen LogP contribution in [0.3, 0.4) is 0 Å². The number of hydrogen-bond acceptors (Lipinski definition) is 6. The summed E-state index contributed by atoms with van der Waals surface area (Å²) < 4.78 is 5.44. The van der Waals surface area contributed by atoms with Crippen LogP contribution < -0.4 is 5.73 Å². The summed E-state index contributed by atoms with van der Waals surface area (Å²) in [5, 5.41) is -0.0445. The Morgan fingerprint density at radius 1 is 1.07 bits per heavy atom. The van der Waals surface area contributed by atoms with Crippen molar-refractivity contribution < 1.29 is 19.1 Å². The molecule has 0 radical (unpaired) electrons. The van der Waals surface area contributed by atoms with Gasteiger partial charge in [-0.2, -0.15) is 0 Å². The molecule has 0 saturated carbocycles. The van der Waals surface area contributed by atoms with E-state index in [1.165, 1.54) is 18.1 Å². The molecule has 0 saturated heterocycles. The Morgan fingerprint density at radius 2 is 1.80 bits per heavy atom. The van der Waals surface area contributed by atoms with E-state index in [1.807, 2.05) is 6.07 Å². The van der Waals surface area contributed by atoms with E-state index in [0.717, 1.165) is 36.6 Å². The van der Waals surface area contributed by atoms with E-state index < -0.39 is 18.0 Å². The summed E-state index contributed by atoms with van der Waals surface area (Å²) in [7, 11) is 0. The fourth-order valence-electron chi connectivity index (χ4n) is 3.81. The summed E-state index contributed by atoms with van der Waals surface area (Å²) in [6, 6.07) is 15.3. The van der Waals surface area contributed by atoms with Gasteiger partial charge in [-0.1, -0.05) is 60.3 Å². The van der Waals surface area contributed by atoms with Gasteiger partial charge in [0, 0.05) is 18.6 Å². The van der Waals surface area contributed by atoms with Crippen LogP contribution in [-0.4, -0.2) is 29.2 Å². The van der Waals surface area contributed by atoms with Gasteiger partial charge in [-0.25, -0.2) is 0 Å². The Balaban J connectivity index is 1.86. The highest BCUT2D eigenvalue weighted by Crippen LogP contribution is 2.29. The number of fused-ring (bicyclic) bond motifs is 1. The molecule has 0 aromatic heterocycles. The van der Waals surface area contributed by atoms with E-state index in [0.29, 0.717) is 17.7 Å². The summed E-state index contributed by atoms with van der Waals surface area (Å²) >= 11 is 1.12. The van der Waals surface area contributed by atoms with Gasteiger partial charge in [-0.05, 0) is 47.9 Å². The average Bonchev–Trinajstić information content (AvgIpc) is 3.22. The van der Waals surface area contributed by atoms with E-state index in [1.54, 1.807) is 24.3 Å². The maximum atomic E-state index is 13.5. The first-order valence-electron chi connectivity index (χ1n) is 10.2. The Hall–Kier alpha value is -2.44. The van der Waals surface area contributed by atoms with E-state index in [4.69, 9.17) is 10.5 Å². The largest absolute Gasteiger partial charge is 0.448 e. The Labute approximate surface area is 181 Å². The number of esters is 1. The second-order valence-corrected chi connectivity index (χ2v) is 8.74. The molecule has 0 fully saturated rings. The zero-order chi connectivity index (χ0) is 21.5. The molecule has 0 bridgehead atoms. The Kier molecular flexibility index (Phi) is 7.82. The minimum absolute atomic E-state index is 0.0445. The molecule has 1 aliphatic rings.